The first-order valence-electron chi connectivity index (χ1n) is 8.79. The minimum atomic E-state index is -0.349. The third-order valence-corrected chi connectivity index (χ3v) is 5.19. The summed E-state index contributed by atoms with van der Waals surface area (Å²) in [6.45, 7) is 2.97. The molecule has 2 fully saturated rings. The number of rotatable bonds is 4. The zero-order valence-electron chi connectivity index (χ0n) is 13.6. The summed E-state index contributed by atoms with van der Waals surface area (Å²) in [5.74, 6) is 0.284. The second-order valence-electron chi connectivity index (χ2n) is 6.79. The van der Waals surface area contributed by atoms with Gasteiger partial charge in [-0.25, -0.2) is 0 Å². The van der Waals surface area contributed by atoms with Gasteiger partial charge < -0.3 is 15.2 Å². The number of hydrogen-bond donors (Lipinski definition) is 2. The van der Waals surface area contributed by atoms with Gasteiger partial charge >= 0.3 is 0 Å². The molecule has 0 radical (unpaired) electrons. The Bertz CT molecular complexity index is 572. The van der Waals surface area contributed by atoms with Crippen LogP contribution >= 0.6 is 0 Å². The summed E-state index contributed by atoms with van der Waals surface area (Å²) in [6.07, 6.45) is 11.7. The fourth-order valence-corrected chi connectivity index (χ4v) is 3.79. The van der Waals surface area contributed by atoms with Crippen molar-refractivity contribution in [1.29, 1.82) is 0 Å². The summed E-state index contributed by atoms with van der Waals surface area (Å²) in [4.78, 5) is 32.1. The van der Waals surface area contributed by atoms with Gasteiger partial charge in [0.25, 0.3) is 11.5 Å². The molecule has 2 N–H and O–H groups in total. The number of aromatic nitrogens is 2. The van der Waals surface area contributed by atoms with Crippen LogP contribution in [0.15, 0.2) is 17.2 Å². The van der Waals surface area contributed by atoms with Gasteiger partial charge in [-0.15, -0.1) is 0 Å². The quantitative estimate of drug-likeness (QED) is 0.883. The van der Waals surface area contributed by atoms with Gasteiger partial charge in [-0.05, 0) is 44.7 Å². The van der Waals surface area contributed by atoms with Gasteiger partial charge in [0.1, 0.15) is 5.69 Å². The minimum Gasteiger partial charge on any atom is -0.350 e. The average Bonchev–Trinajstić information content (AvgIpc) is 2.61. The Balaban J connectivity index is 1.42. The van der Waals surface area contributed by atoms with E-state index >= 15 is 0 Å². The highest BCUT2D eigenvalue weighted by molar-refractivity contribution is 5.91. The van der Waals surface area contributed by atoms with Gasteiger partial charge in [-0.1, -0.05) is 19.3 Å². The van der Waals surface area contributed by atoms with E-state index in [1.807, 2.05) is 0 Å². The highest BCUT2D eigenvalue weighted by atomic mass is 16.2. The number of amides is 1. The number of carbonyl (C=O) groups excluding carboxylic acids is 1. The predicted molar refractivity (Wildman–Crippen MR) is 88.4 cm³/mol. The Kier molecular flexibility index (Phi) is 5.43. The lowest BCUT2D eigenvalue weighted by Crippen LogP contribution is -2.44. The van der Waals surface area contributed by atoms with E-state index in [0.29, 0.717) is 12.5 Å². The Morgan fingerprint density at radius 2 is 1.91 bits per heavy atom. The van der Waals surface area contributed by atoms with Crippen molar-refractivity contribution < 1.29 is 4.79 Å². The summed E-state index contributed by atoms with van der Waals surface area (Å²) >= 11 is 0. The van der Waals surface area contributed by atoms with Crippen molar-refractivity contribution >= 4 is 5.91 Å². The summed E-state index contributed by atoms with van der Waals surface area (Å²) in [7, 11) is 0. The summed E-state index contributed by atoms with van der Waals surface area (Å²) in [5.41, 5.74) is -0.115. The molecular formula is C17H26N4O2. The number of nitrogens with zero attached hydrogens (tertiary/aromatic N) is 2. The second kappa shape index (κ2) is 7.73. The first-order valence-corrected chi connectivity index (χ1v) is 8.79. The molecule has 0 atom stereocenters. The highest BCUT2D eigenvalue weighted by Gasteiger charge is 2.26. The van der Waals surface area contributed by atoms with Crippen molar-refractivity contribution in [2.45, 2.75) is 51.0 Å². The van der Waals surface area contributed by atoms with Crippen LogP contribution in [0, 0.1) is 5.92 Å². The molecule has 3 rings (SSSR count). The van der Waals surface area contributed by atoms with Gasteiger partial charge in [0, 0.05) is 12.6 Å². The van der Waals surface area contributed by atoms with E-state index < -0.39 is 0 Å². The molecule has 0 spiro atoms. The Morgan fingerprint density at radius 3 is 2.61 bits per heavy atom. The largest absolute Gasteiger partial charge is 0.350 e. The maximum absolute atomic E-state index is 12.0. The molecule has 1 aliphatic carbocycles. The smallest absolute Gasteiger partial charge is 0.269 e. The molecule has 2 heterocycles. The van der Waals surface area contributed by atoms with Crippen LogP contribution in [0.2, 0.25) is 0 Å². The molecule has 0 bridgehead atoms. The van der Waals surface area contributed by atoms with Crippen LogP contribution in [0.4, 0.5) is 0 Å². The molecule has 1 amide bonds. The molecule has 1 saturated heterocycles. The van der Waals surface area contributed by atoms with E-state index in [-0.39, 0.29) is 17.2 Å². The standard InChI is InChI=1S/C17H26N4O2/c22-16-12-18-11-15(20-16)17(23)19-10-13-6-8-21(9-7-13)14-4-2-1-3-5-14/h11-14H,1-10H2,(H,19,23)(H,20,22). The van der Waals surface area contributed by atoms with E-state index in [1.165, 1.54) is 38.3 Å². The van der Waals surface area contributed by atoms with E-state index in [4.69, 9.17) is 0 Å². The molecule has 2 aliphatic rings. The number of H-pyrrole nitrogens is 1. The van der Waals surface area contributed by atoms with Gasteiger partial charge in [0.2, 0.25) is 0 Å². The Hall–Kier alpha value is -1.69. The number of piperidine rings is 1. The van der Waals surface area contributed by atoms with Crippen LogP contribution in [0.25, 0.3) is 0 Å². The number of aromatic amines is 1. The highest BCUT2D eigenvalue weighted by Crippen LogP contribution is 2.26. The van der Waals surface area contributed by atoms with E-state index in [0.717, 1.165) is 38.2 Å². The normalized spacial score (nSPS) is 21.2. The van der Waals surface area contributed by atoms with Gasteiger partial charge in [0.15, 0.2) is 0 Å². The molecule has 1 aromatic heterocycles. The van der Waals surface area contributed by atoms with E-state index in [9.17, 15) is 9.59 Å². The molecule has 6 nitrogen and oxygen atoms in total. The summed E-state index contributed by atoms with van der Waals surface area (Å²) < 4.78 is 0. The molecule has 0 aromatic carbocycles. The molecule has 23 heavy (non-hydrogen) atoms. The van der Waals surface area contributed by atoms with Crippen molar-refractivity contribution in [3.05, 3.63) is 28.4 Å². The zero-order valence-corrected chi connectivity index (χ0v) is 13.6. The zero-order chi connectivity index (χ0) is 16.1. The fourth-order valence-electron chi connectivity index (χ4n) is 3.79. The predicted octanol–water partition coefficient (Wildman–Crippen LogP) is 1.54. The first kappa shape index (κ1) is 16.2. The lowest BCUT2D eigenvalue weighted by Gasteiger charge is -2.39. The third-order valence-electron chi connectivity index (χ3n) is 5.19. The number of likely N-dealkylation sites (tertiary alicyclic amines) is 1. The van der Waals surface area contributed by atoms with Crippen LogP contribution in [0.1, 0.15) is 55.4 Å². The van der Waals surface area contributed by atoms with Crippen LogP contribution in [0.5, 0.6) is 0 Å². The lowest BCUT2D eigenvalue weighted by atomic mass is 9.90. The van der Waals surface area contributed by atoms with E-state index in [2.05, 4.69) is 20.2 Å². The number of carbonyl (C=O) groups is 1. The van der Waals surface area contributed by atoms with Crippen LogP contribution in [-0.4, -0.2) is 46.5 Å². The molecule has 0 unspecified atom stereocenters. The Morgan fingerprint density at radius 1 is 1.17 bits per heavy atom. The summed E-state index contributed by atoms with van der Waals surface area (Å²) in [5, 5.41) is 2.92. The van der Waals surface area contributed by atoms with E-state index in [1.54, 1.807) is 0 Å². The van der Waals surface area contributed by atoms with Gasteiger partial charge in [-0.2, -0.15) is 0 Å². The van der Waals surface area contributed by atoms with Crippen LogP contribution in [0.3, 0.4) is 0 Å². The van der Waals surface area contributed by atoms with Crippen LogP contribution < -0.4 is 10.9 Å². The number of hydrogen-bond acceptors (Lipinski definition) is 4. The van der Waals surface area contributed by atoms with Crippen molar-refractivity contribution in [2.75, 3.05) is 19.6 Å². The Labute approximate surface area is 136 Å². The molecule has 1 saturated carbocycles. The monoisotopic (exact) mass is 318 g/mol. The molecule has 1 aliphatic heterocycles. The molecule has 1 aromatic rings. The average molecular weight is 318 g/mol. The van der Waals surface area contributed by atoms with Crippen molar-refractivity contribution in [3.63, 3.8) is 0 Å². The van der Waals surface area contributed by atoms with Gasteiger partial charge in [-0.3, -0.25) is 14.6 Å². The lowest BCUT2D eigenvalue weighted by molar-refractivity contribution is 0.0895. The first-order chi connectivity index (χ1) is 11.2. The number of nitrogens with one attached hydrogen (secondary N) is 2. The fraction of sp³-hybridized carbons (Fsp3) is 0.706. The second-order valence-corrected chi connectivity index (χ2v) is 6.79. The SMILES string of the molecule is O=C(NCC1CCN(C2CCCCC2)CC1)c1cncc(=O)[nH]1. The van der Waals surface area contributed by atoms with Crippen molar-refractivity contribution in [1.82, 2.24) is 20.2 Å². The summed E-state index contributed by atoms with van der Waals surface area (Å²) in [6, 6.07) is 0.791. The van der Waals surface area contributed by atoms with Crippen molar-refractivity contribution in [2.24, 2.45) is 5.92 Å². The minimum absolute atomic E-state index is 0.233. The molecular weight excluding hydrogens is 292 g/mol. The van der Waals surface area contributed by atoms with Crippen LogP contribution in [-0.2, 0) is 0 Å². The maximum Gasteiger partial charge on any atom is 0.269 e. The molecule has 126 valence electrons. The topological polar surface area (TPSA) is 78.1 Å². The third kappa shape index (κ3) is 4.41. The maximum atomic E-state index is 12.0. The molecule has 6 heteroatoms. The van der Waals surface area contributed by atoms with Gasteiger partial charge in [0.05, 0.1) is 12.4 Å². The van der Waals surface area contributed by atoms with Crippen molar-refractivity contribution in [3.8, 4) is 0 Å².